The predicted molar refractivity (Wildman–Crippen MR) is 54.1 cm³/mol. The lowest BCUT2D eigenvalue weighted by Crippen LogP contribution is -2.09. The summed E-state index contributed by atoms with van der Waals surface area (Å²) in [6.45, 7) is 1.09. The predicted octanol–water partition coefficient (Wildman–Crippen LogP) is 3.65. The normalized spacial score (nSPS) is 11.6. The van der Waals surface area contributed by atoms with E-state index in [4.69, 9.17) is 0 Å². The first-order valence-corrected chi connectivity index (χ1v) is 4.88. The first-order valence-electron chi connectivity index (χ1n) is 3.80. The van der Waals surface area contributed by atoms with Gasteiger partial charge < -0.3 is 0 Å². The molecule has 0 spiro atoms. The first-order chi connectivity index (χ1) is 6.73. The maximum absolute atomic E-state index is 13.1. The second kappa shape index (κ2) is 4.07. The van der Waals surface area contributed by atoms with Gasteiger partial charge in [0.1, 0.15) is 5.82 Å². The zero-order valence-electron chi connectivity index (χ0n) is 7.45. The molecule has 0 aromatic heterocycles. The molecular formula is C9H5F4IO. The van der Waals surface area contributed by atoms with Gasteiger partial charge in [0.15, 0.2) is 5.78 Å². The Kier molecular flexibility index (Phi) is 3.37. The molecule has 0 aliphatic carbocycles. The van der Waals surface area contributed by atoms with Crippen LogP contribution in [0.3, 0.4) is 0 Å². The highest BCUT2D eigenvalue weighted by molar-refractivity contribution is 14.1. The van der Waals surface area contributed by atoms with E-state index >= 15 is 0 Å². The maximum Gasteiger partial charge on any atom is 0.416 e. The minimum absolute atomic E-state index is 0.0897. The third kappa shape index (κ3) is 2.67. The summed E-state index contributed by atoms with van der Waals surface area (Å²) in [4.78, 5) is 11.0. The molecule has 82 valence electrons. The molecule has 1 rings (SSSR count). The van der Waals surface area contributed by atoms with Gasteiger partial charge >= 0.3 is 6.18 Å². The molecular weight excluding hydrogens is 327 g/mol. The van der Waals surface area contributed by atoms with Gasteiger partial charge in [0.2, 0.25) is 0 Å². The molecule has 0 N–H and O–H groups in total. The van der Waals surface area contributed by atoms with Crippen LogP contribution in [-0.2, 0) is 6.18 Å². The van der Waals surface area contributed by atoms with Gasteiger partial charge in [-0.1, -0.05) is 0 Å². The fourth-order valence-electron chi connectivity index (χ4n) is 1.01. The van der Waals surface area contributed by atoms with E-state index in [0.29, 0.717) is 12.1 Å². The zero-order chi connectivity index (χ0) is 11.8. The molecule has 0 amide bonds. The van der Waals surface area contributed by atoms with Crippen LogP contribution in [0.4, 0.5) is 17.6 Å². The van der Waals surface area contributed by atoms with Crippen LogP contribution < -0.4 is 0 Å². The topological polar surface area (TPSA) is 17.1 Å². The summed E-state index contributed by atoms with van der Waals surface area (Å²) in [5.41, 5.74) is -1.39. The summed E-state index contributed by atoms with van der Waals surface area (Å²) in [5, 5.41) is 0. The van der Waals surface area contributed by atoms with Gasteiger partial charge in [0.25, 0.3) is 0 Å². The highest BCUT2D eigenvalue weighted by Gasteiger charge is 2.32. The van der Waals surface area contributed by atoms with Gasteiger partial charge in [0.05, 0.1) is 9.13 Å². The second-order valence-electron chi connectivity index (χ2n) is 2.87. The van der Waals surface area contributed by atoms with Crippen LogP contribution >= 0.6 is 22.6 Å². The SMILES string of the molecule is CC(=O)c1cc(C(F)(F)F)cc(F)c1I. The lowest BCUT2D eigenvalue weighted by atomic mass is 10.1. The number of Topliss-reactive ketones (excluding diaryl/α,β-unsaturated/α-hetero) is 1. The van der Waals surface area contributed by atoms with Gasteiger partial charge in [-0.3, -0.25) is 4.79 Å². The number of hydrogen-bond donors (Lipinski definition) is 0. The van der Waals surface area contributed by atoms with E-state index in [1.54, 1.807) is 0 Å². The van der Waals surface area contributed by atoms with E-state index in [-0.39, 0.29) is 9.13 Å². The molecule has 0 saturated carbocycles. The van der Waals surface area contributed by atoms with E-state index in [2.05, 4.69) is 0 Å². The molecule has 1 nitrogen and oxygen atoms in total. The van der Waals surface area contributed by atoms with Crippen molar-refractivity contribution in [2.24, 2.45) is 0 Å². The van der Waals surface area contributed by atoms with Gasteiger partial charge in [-0.2, -0.15) is 13.2 Å². The molecule has 1 aromatic rings. The van der Waals surface area contributed by atoms with Crippen molar-refractivity contribution in [1.82, 2.24) is 0 Å². The van der Waals surface area contributed by atoms with Crippen LogP contribution in [-0.4, -0.2) is 5.78 Å². The van der Waals surface area contributed by atoms with E-state index in [0.717, 1.165) is 6.92 Å². The molecule has 6 heteroatoms. The second-order valence-corrected chi connectivity index (χ2v) is 3.95. The Bertz CT molecular complexity index is 411. The average molecular weight is 332 g/mol. The Morgan fingerprint density at radius 2 is 1.87 bits per heavy atom. The Morgan fingerprint density at radius 1 is 1.33 bits per heavy atom. The molecule has 0 aliphatic heterocycles. The number of benzene rings is 1. The number of hydrogen-bond acceptors (Lipinski definition) is 1. The number of carbonyl (C=O) groups excluding carboxylic acids is 1. The quantitative estimate of drug-likeness (QED) is 0.436. The summed E-state index contributed by atoms with van der Waals surface area (Å²) >= 11 is 1.50. The molecule has 15 heavy (non-hydrogen) atoms. The van der Waals surface area contributed by atoms with Crippen LogP contribution in [0.2, 0.25) is 0 Å². The monoisotopic (exact) mass is 332 g/mol. The molecule has 0 atom stereocenters. The van der Waals surface area contributed by atoms with Crippen molar-refractivity contribution in [1.29, 1.82) is 0 Å². The van der Waals surface area contributed by atoms with Gasteiger partial charge in [-0.15, -0.1) is 0 Å². The zero-order valence-corrected chi connectivity index (χ0v) is 9.61. The molecule has 1 aromatic carbocycles. The van der Waals surface area contributed by atoms with E-state index in [1.165, 1.54) is 22.6 Å². The van der Waals surface area contributed by atoms with E-state index in [1.807, 2.05) is 0 Å². The molecule has 0 aliphatic rings. The van der Waals surface area contributed by atoms with Crippen molar-refractivity contribution in [3.8, 4) is 0 Å². The van der Waals surface area contributed by atoms with Crippen LogP contribution in [0, 0.1) is 9.39 Å². The number of ketones is 1. The highest BCUT2D eigenvalue weighted by Crippen LogP contribution is 2.32. The summed E-state index contributed by atoms with van der Waals surface area (Å²) in [7, 11) is 0. The molecule has 0 unspecified atom stereocenters. The molecule has 0 radical (unpaired) electrons. The third-order valence-corrected chi connectivity index (χ3v) is 2.83. The summed E-state index contributed by atoms with van der Waals surface area (Å²) in [6, 6.07) is 1.04. The molecule has 0 saturated heterocycles. The van der Waals surface area contributed by atoms with Gasteiger partial charge in [-0.25, -0.2) is 4.39 Å². The lowest BCUT2D eigenvalue weighted by Gasteiger charge is -2.09. The van der Waals surface area contributed by atoms with Crippen molar-refractivity contribution in [3.05, 3.63) is 32.6 Å². The fraction of sp³-hybridized carbons (Fsp3) is 0.222. The minimum atomic E-state index is -4.64. The van der Waals surface area contributed by atoms with Crippen LogP contribution in [0.1, 0.15) is 22.8 Å². The van der Waals surface area contributed by atoms with E-state index in [9.17, 15) is 22.4 Å². The number of rotatable bonds is 1. The molecule has 0 fully saturated rings. The summed E-state index contributed by atoms with van der Waals surface area (Å²) in [6.07, 6.45) is -4.64. The number of carbonyl (C=O) groups is 1. The smallest absolute Gasteiger partial charge is 0.294 e. The average Bonchev–Trinajstić information content (AvgIpc) is 2.06. The summed E-state index contributed by atoms with van der Waals surface area (Å²) in [5.74, 6) is -1.62. The Balaban J connectivity index is 3.43. The first kappa shape index (κ1) is 12.4. The van der Waals surface area contributed by atoms with Crippen molar-refractivity contribution >= 4 is 28.4 Å². The largest absolute Gasteiger partial charge is 0.416 e. The fourth-order valence-corrected chi connectivity index (χ4v) is 1.70. The van der Waals surface area contributed by atoms with E-state index < -0.39 is 23.3 Å². The maximum atomic E-state index is 13.1. The van der Waals surface area contributed by atoms with Crippen molar-refractivity contribution in [2.75, 3.05) is 0 Å². The van der Waals surface area contributed by atoms with Crippen molar-refractivity contribution in [2.45, 2.75) is 13.1 Å². The summed E-state index contributed by atoms with van der Waals surface area (Å²) < 4.78 is 49.8. The highest BCUT2D eigenvalue weighted by atomic mass is 127. The standard InChI is InChI=1S/C9H5F4IO/c1-4(15)6-2-5(9(11,12)13)3-7(10)8(6)14/h2-3H,1H3. The Morgan fingerprint density at radius 3 is 2.27 bits per heavy atom. The number of alkyl halides is 3. The Labute approximate surface area is 96.6 Å². The lowest BCUT2D eigenvalue weighted by molar-refractivity contribution is -0.137. The van der Waals surface area contributed by atoms with Crippen LogP contribution in [0.5, 0.6) is 0 Å². The van der Waals surface area contributed by atoms with Gasteiger partial charge in [0, 0.05) is 5.56 Å². The van der Waals surface area contributed by atoms with Crippen LogP contribution in [0.25, 0.3) is 0 Å². The minimum Gasteiger partial charge on any atom is -0.294 e. The van der Waals surface area contributed by atoms with Crippen molar-refractivity contribution < 1.29 is 22.4 Å². The molecule has 0 heterocycles. The van der Waals surface area contributed by atoms with Crippen LogP contribution in [0.15, 0.2) is 12.1 Å². The Hall–Kier alpha value is -0.660. The van der Waals surface area contributed by atoms with Gasteiger partial charge in [-0.05, 0) is 41.6 Å². The molecule has 0 bridgehead atoms. The van der Waals surface area contributed by atoms with Crippen molar-refractivity contribution in [3.63, 3.8) is 0 Å². The number of halogens is 5. The third-order valence-electron chi connectivity index (χ3n) is 1.73.